The highest BCUT2D eigenvalue weighted by atomic mass is 32.2. The number of nitrogens with one attached hydrogen (secondary N) is 1. The Bertz CT molecular complexity index is 1120. The number of ether oxygens (including phenoxy) is 1. The van der Waals surface area contributed by atoms with Gasteiger partial charge >= 0.3 is 5.69 Å². The van der Waals surface area contributed by atoms with E-state index in [9.17, 15) is 17.6 Å². The third-order valence-electron chi connectivity index (χ3n) is 3.68. The fraction of sp³-hybridized carbons (Fsp3) is 0.294. The summed E-state index contributed by atoms with van der Waals surface area (Å²) in [6.07, 6.45) is 1.35. The van der Waals surface area contributed by atoms with Crippen LogP contribution in [0.15, 0.2) is 52.3 Å². The molecule has 2 heterocycles. The summed E-state index contributed by atoms with van der Waals surface area (Å²) in [4.78, 5) is 11.9. The van der Waals surface area contributed by atoms with E-state index in [1.54, 1.807) is 38.2 Å². The maximum Gasteiger partial charge on any atom is 0.350 e. The normalized spacial score (nSPS) is 12.0. The molecule has 0 saturated carbocycles. The van der Waals surface area contributed by atoms with E-state index in [2.05, 4.69) is 9.82 Å². The molecule has 3 aromatic rings. The van der Waals surface area contributed by atoms with Crippen molar-refractivity contribution in [1.29, 1.82) is 0 Å². The minimum atomic E-state index is -3.94. The summed E-state index contributed by atoms with van der Waals surface area (Å²) in [6.45, 7) is 3.45. The lowest BCUT2D eigenvalue weighted by Crippen LogP contribution is -2.31. The molecule has 1 N–H and O–H groups in total. The number of benzene rings is 1. The van der Waals surface area contributed by atoms with Gasteiger partial charge in [-0.15, -0.1) is 5.10 Å². The summed E-state index contributed by atoms with van der Waals surface area (Å²) in [5.41, 5.74) is 0.0965. The lowest BCUT2D eigenvalue weighted by Gasteiger charge is -2.12. The Morgan fingerprint density at radius 2 is 2.04 bits per heavy atom. The smallest absolute Gasteiger partial charge is 0.350 e. The van der Waals surface area contributed by atoms with Crippen molar-refractivity contribution in [3.8, 4) is 5.75 Å². The third kappa shape index (κ3) is 4.17. The van der Waals surface area contributed by atoms with Crippen LogP contribution in [0.3, 0.4) is 0 Å². The molecule has 3 rings (SSSR count). The second kappa shape index (κ2) is 7.49. The quantitative estimate of drug-likeness (QED) is 0.654. The first-order valence-corrected chi connectivity index (χ1v) is 9.76. The van der Waals surface area contributed by atoms with Crippen molar-refractivity contribution in [2.24, 2.45) is 0 Å². The first-order chi connectivity index (χ1) is 12.8. The Morgan fingerprint density at radius 1 is 1.26 bits per heavy atom. The zero-order valence-electron chi connectivity index (χ0n) is 14.8. The first kappa shape index (κ1) is 19.1. The average Bonchev–Trinajstić information content (AvgIpc) is 2.92. The molecule has 0 amide bonds. The van der Waals surface area contributed by atoms with E-state index >= 15 is 0 Å². The Morgan fingerprint density at radius 3 is 2.70 bits per heavy atom. The van der Waals surface area contributed by atoms with Crippen molar-refractivity contribution < 1.29 is 17.5 Å². The van der Waals surface area contributed by atoms with Crippen molar-refractivity contribution in [2.75, 3.05) is 6.54 Å². The van der Waals surface area contributed by atoms with Gasteiger partial charge in [0.1, 0.15) is 0 Å². The van der Waals surface area contributed by atoms with Crippen LogP contribution in [0.1, 0.15) is 13.8 Å². The lowest BCUT2D eigenvalue weighted by molar-refractivity contribution is 0.231. The molecule has 27 heavy (non-hydrogen) atoms. The largest absolute Gasteiger partial charge is 0.488 e. The molecule has 0 atom stereocenters. The standard InChI is InChI=1S/C17H19FN4O4S/c1-12(2)26-15-7-6-13(11-14(15)18)27(24,25)19-8-10-22-17(23)21-9-4-3-5-16(21)20-22/h3-7,9,11-12,19H,8,10H2,1-2H3. The number of fused-ring (bicyclic) bond motifs is 1. The van der Waals surface area contributed by atoms with Crippen LogP contribution >= 0.6 is 0 Å². The predicted octanol–water partition coefficient (Wildman–Crippen LogP) is 1.40. The van der Waals surface area contributed by atoms with Gasteiger partial charge in [0, 0.05) is 12.7 Å². The molecule has 0 fully saturated rings. The van der Waals surface area contributed by atoms with Crippen LogP contribution in [0.4, 0.5) is 4.39 Å². The monoisotopic (exact) mass is 394 g/mol. The molecule has 2 aromatic heterocycles. The molecule has 10 heteroatoms. The summed E-state index contributed by atoms with van der Waals surface area (Å²) in [5.74, 6) is -0.775. The van der Waals surface area contributed by atoms with Crippen LogP contribution in [0.2, 0.25) is 0 Å². The van der Waals surface area contributed by atoms with Gasteiger partial charge < -0.3 is 4.74 Å². The molecule has 0 aliphatic carbocycles. The van der Waals surface area contributed by atoms with Gasteiger partial charge in [-0.05, 0) is 44.2 Å². The van der Waals surface area contributed by atoms with Gasteiger partial charge in [-0.25, -0.2) is 27.0 Å². The number of halogens is 1. The molecule has 0 bridgehead atoms. The highest BCUT2D eigenvalue weighted by Gasteiger charge is 2.17. The van der Waals surface area contributed by atoms with Gasteiger partial charge in [-0.1, -0.05) is 6.07 Å². The maximum atomic E-state index is 14.0. The van der Waals surface area contributed by atoms with Crippen molar-refractivity contribution in [3.63, 3.8) is 0 Å². The fourth-order valence-corrected chi connectivity index (χ4v) is 3.51. The predicted molar refractivity (Wildman–Crippen MR) is 96.8 cm³/mol. The molecule has 0 aliphatic rings. The summed E-state index contributed by atoms with van der Waals surface area (Å²) in [5, 5.41) is 4.11. The zero-order valence-corrected chi connectivity index (χ0v) is 15.6. The van der Waals surface area contributed by atoms with Crippen molar-refractivity contribution >= 4 is 15.7 Å². The van der Waals surface area contributed by atoms with E-state index in [0.717, 1.165) is 10.7 Å². The van der Waals surface area contributed by atoms with E-state index in [4.69, 9.17) is 4.74 Å². The molecule has 0 spiro atoms. The zero-order chi connectivity index (χ0) is 19.6. The molecule has 1 aromatic carbocycles. The molecule has 0 radical (unpaired) electrons. The van der Waals surface area contributed by atoms with Gasteiger partial charge in [0.05, 0.1) is 17.5 Å². The van der Waals surface area contributed by atoms with Gasteiger partial charge in [-0.3, -0.25) is 4.40 Å². The molecular formula is C17H19FN4O4S. The van der Waals surface area contributed by atoms with E-state index in [0.29, 0.717) is 5.65 Å². The summed E-state index contributed by atoms with van der Waals surface area (Å²) in [7, 11) is -3.94. The van der Waals surface area contributed by atoms with Crippen LogP contribution in [-0.4, -0.2) is 35.2 Å². The van der Waals surface area contributed by atoms with E-state index in [1.807, 2.05) is 0 Å². The van der Waals surface area contributed by atoms with Crippen molar-refractivity contribution in [1.82, 2.24) is 18.9 Å². The number of hydrogen-bond donors (Lipinski definition) is 1. The number of nitrogens with zero attached hydrogens (tertiary/aromatic N) is 3. The Hall–Kier alpha value is -2.72. The van der Waals surface area contributed by atoms with Crippen LogP contribution in [0.5, 0.6) is 5.75 Å². The fourth-order valence-electron chi connectivity index (χ4n) is 2.48. The van der Waals surface area contributed by atoms with E-state index in [1.165, 1.54) is 16.5 Å². The summed E-state index contributed by atoms with van der Waals surface area (Å²) in [6, 6.07) is 8.56. The molecule has 0 saturated heterocycles. The minimum Gasteiger partial charge on any atom is -0.488 e. The second-order valence-corrected chi connectivity index (χ2v) is 7.86. The average molecular weight is 394 g/mol. The molecule has 0 unspecified atom stereocenters. The van der Waals surface area contributed by atoms with E-state index in [-0.39, 0.29) is 35.5 Å². The van der Waals surface area contributed by atoms with Crippen LogP contribution in [-0.2, 0) is 16.6 Å². The Labute approximate surface area is 155 Å². The van der Waals surface area contributed by atoms with Gasteiger partial charge in [0.2, 0.25) is 10.0 Å². The van der Waals surface area contributed by atoms with Gasteiger partial charge in [-0.2, -0.15) is 0 Å². The minimum absolute atomic E-state index is 0.0137. The number of hydrogen-bond acceptors (Lipinski definition) is 5. The molecule has 0 aliphatic heterocycles. The highest BCUT2D eigenvalue weighted by molar-refractivity contribution is 7.89. The summed E-state index contributed by atoms with van der Waals surface area (Å²) >= 11 is 0. The van der Waals surface area contributed by atoms with Gasteiger partial charge in [0.25, 0.3) is 0 Å². The van der Waals surface area contributed by atoms with Crippen LogP contribution in [0.25, 0.3) is 5.65 Å². The van der Waals surface area contributed by atoms with Gasteiger partial charge in [0.15, 0.2) is 17.2 Å². The second-order valence-electron chi connectivity index (χ2n) is 6.09. The highest BCUT2D eigenvalue weighted by Crippen LogP contribution is 2.22. The molecule has 8 nitrogen and oxygen atoms in total. The third-order valence-corrected chi connectivity index (χ3v) is 5.14. The number of pyridine rings is 1. The Balaban J connectivity index is 1.70. The number of aromatic nitrogens is 3. The summed E-state index contributed by atoms with van der Waals surface area (Å²) < 4.78 is 48.8. The van der Waals surface area contributed by atoms with Crippen LogP contribution < -0.4 is 15.1 Å². The van der Waals surface area contributed by atoms with E-state index < -0.39 is 15.8 Å². The first-order valence-electron chi connectivity index (χ1n) is 8.28. The molecule has 144 valence electrons. The lowest BCUT2D eigenvalue weighted by atomic mass is 10.3. The SMILES string of the molecule is CC(C)Oc1ccc(S(=O)(=O)NCCn2nc3ccccn3c2=O)cc1F. The van der Waals surface area contributed by atoms with Crippen molar-refractivity contribution in [2.45, 2.75) is 31.4 Å². The maximum absolute atomic E-state index is 14.0. The number of rotatable bonds is 7. The number of sulfonamides is 1. The molecular weight excluding hydrogens is 375 g/mol. The Kier molecular flexibility index (Phi) is 5.29. The van der Waals surface area contributed by atoms with Crippen molar-refractivity contribution in [3.05, 3.63) is 58.9 Å². The topological polar surface area (TPSA) is 94.7 Å². The van der Waals surface area contributed by atoms with Crippen LogP contribution in [0, 0.1) is 5.82 Å².